The zero-order valence-electron chi connectivity index (χ0n) is 37.4. The summed E-state index contributed by atoms with van der Waals surface area (Å²) < 4.78 is 0. The monoisotopic (exact) mass is 879 g/mol. The van der Waals surface area contributed by atoms with Gasteiger partial charge in [0.15, 0.2) is 17.5 Å². The highest BCUT2D eigenvalue weighted by Crippen LogP contribution is 2.57. The van der Waals surface area contributed by atoms with Gasteiger partial charge in [-0.15, -0.1) is 0 Å². The van der Waals surface area contributed by atoms with Crippen LogP contribution in [0, 0.1) is 11.3 Å². The molecule has 1 aliphatic carbocycles. The maximum atomic E-state index is 10.2. The lowest BCUT2D eigenvalue weighted by Gasteiger charge is -2.34. The lowest BCUT2D eigenvalue weighted by atomic mass is 9.67. The first-order valence-corrected chi connectivity index (χ1v) is 23.1. The van der Waals surface area contributed by atoms with E-state index in [1.807, 2.05) is 60.8 Å². The van der Waals surface area contributed by atoms with E-state index >= 15 is 0 Å². The van der Waals surface area contributed by atoms with Crippen LogP contribution >= 0.6 is 0 Å². The van der Waals surface area contributed by atoms with E-state index in [1.165, 1.54) is 5.56 Å². The second kappa shape index (κ2) is 17.5. The largest absolute Gasteiger partial charge is 0.256 e. The summed E-state index contributed by atoms with van der Waals surface area (Å²) in [6.45, 7) is 0. The standard InChI is InChI=1S/C64H41N5/c65-42-43-24-34-56-57-35-33-50(41-59(57)64(58(56)37-43,54-19-9-3-10-20-54)55-21-11-4-12-22-55)52-38-51(39-53(40-52)60-23-13-14-36-66-60)46-27-31-49(32-28-46)63-68-61(47-17-7-2-8-18-47)67-62(69-63)48-29-25-45(26-30-48)44-15-5-1-6-16-44/h1-41H. The summed E-state index contributed by atoms with van der Waals surface area (Å²) in [7, 11) is 0. The highest BCUT2D eigenvalue weighted by Gasteiger charge is 2.46. The van der Waals surface area contributed by atoms with Crippen LogP contribution < -0.4 is 0 Å². The second-order valence-electron chi connectivity index (χ2n) is 17.3. The van der Waals surface area contributed by atoms with Gasteiger partial charge in [-0.3, -0.25) is 4.98 Å². The molecule has 5 nitrogen and oxygen atoms in total. The molecule has 0 saturated heterocycles. The van der Waals surface area contributed by atoms with Crippen molar-refractivity contribution in [3.63, 3.8) is 0 Å². The quantitative estimate of drug-likeness (QED) is 0.144. The van der Waals surface area contributed by atoms with Crippen LogP contribution in [-0.4, -0.2) is 19.9 Å². The van der Waals surface area contributed by atoms with Crippen LogP contribution in [0.2, 0.25) is 0 Å². The average molecular weight is 880 g/mol. The van der Waals surface area contributed by atoms with Gasteiger partial charge < -0.3 is 0 Å². The molecule has 0 saturated carbocycles. The van der Waals surface area contributed by atoms with E-state index in [9.17, 15) is 5.26 Å². The third kappa shape index (κ3) is 7.47. The van der Waals surface area contributed by atoms with Crippen molar-refractivity contribution in [2.45, 2.75) is 5.41 Å². The topological polar surface area (TPSA) is 75.3 Å². The fourth-order valence-corrected chi connectivity index (χ4v) is 9.98. The van der Waals surface area contributed by atoms with E-state index in [1.54, 1.807) is 0 Å². The number of nitriles is 1. The number of hydrogen-bond donors (Lipinski definition) is 0. The highest BCUT2D eigenvalue weighted by atomic mass is 15.0. The SMILES string of the molecule is N#Cc1ccc2c(c1)C(c1ccccc1)(c1ccccc1)c1cc(-c3cc(-c4ccc(-c5nc(-c6ccccc6)nc(-c6ccc(-c7ccccc7)cc6)n5)cc4)cc(-c4ccccn4)c3)ccc1-2. The van der Waals surface area contributed by atoms with Gasteiger partial charge in [-0.05, 0) is 115 Å². The number of nitrogens with zero attached hydrogens (tertiary/aromatic N) is 5. The molecular weight excluding hydrogens is 839 g/mol. The van der Waals surface area contributed by atoms with E-state index in [2.05, 4.69) is 194 Å². The Hall–Kier alpha value is -9.37. The Kier molecular flexibility index (Phi) is 10.4. The van der Waals surface area contributed by atoms with Crippen LogP contribution in [-0.2, 0) is 5.41 Å². The minimum absolute atomic E-state index is 0.599. The molecule has 0 unspecified atom stereocenters. The van der Waals surface area contributed by atoms with E-state index in [-0.39, 0.29) is 0 Å². The molecule has 0 radical (unpaired) electrons. The Labute approximate surface area is 401 Å². The molecule has 0 fully saturated rings. The fourth-order valence-electron chi connectivity index (χ4n) is 9.98. The number of benzene rings is 9. The van der Waals surface area contributed by atoms with Crippen molar-refractivity contribution in [2.24, 2.45) is 0 Å². The first kappa shape index (κ1) is 41.1. The maximum absolute atomic E-state index is 10.2. The van der Waals surface area contributed by atoms with Gasteiger partial charge in [-0.2, -0.15) is 5.26 Å². The van der Waals surface area contributed by atoms with Crippen LogP contribution in [0.1, 0.15) is 27.8 Å². The number of rotatable bonds is 9. The van der Waals surface area contributed by atoms with Gasteiger partial charge in [0.1, 0.15) is 0 Å². The molecule has 11 aromatic rings. The van der Waals surface area contributed by atoms with Crippen molar-refractivity contribution < 1.29 is 0 Å². The molecule has 322 valence electrons. The average Bonchev–Trinajstić information content (AvgIpc) is 3.73. The normalized spacial score (nSPS) is 12.2. The molecule has 69 heavy (non-hydrogen) atoms. The van der Waals surface area contributed by atoms with Gasteiger partial charge in [0.05, 0.1) is 22.7 Å². The van der Waals surface area contributed by atoms with Gasteiger partial charge in [0.2, 0.25) is 0 Å². The van der Waals surface area contributed by atoms with Gasteiger partial charge in [-0.25, -0.2) is 15.0 Å². The molecule has 5 heteroatoms. The van der Waals surface area contributed by atoms with Gasteiger partial charge >= 0.3 is 0 Å². The smallest absolute Gasteiger partial charge is 0.164 e. The van der Waals surface area contributed by atoms with Crippen molar-refractivity contribution >= 4 is 0 Å². The Morgan fingerprint density at radius 3 is 1.26 bits per heavy atom. The predicted octanol–water partition coefficient (Wildman–Crippen LogP) is 15.2. The molecular formula is C64H41N5. The third-order valence-corrected chi connectivity index (χ3v) is 13.3. The minimum Gasteiger partial charge on any atom is -0.256 e. The Morgan fingerprint density at radius 2 is 0.725 bits per heavy atom. The first-order valence-electron chi connectivity index (χ1n) is 23.1. The van der Waals surface area contributed by atoms with Gasteiger partial charge in [0.25, 0.3) is 0 Å². The maximum Gasteiger partial charge on any atom is 0.164 e. The van der Waals surface area contributed by atoms with Crippen LogP contribution in [0.5, 0.6) is 0 Å². The summed E-state index contributed by atoms with van der Waals surface area (Å²) in [5, 5.41) is 10.2. The number of hydrogen-bond acceptors (Lipinski definition) is 5. The molecule has 0 amide bonds. The van der Waals surface area contributed by atoms with Crippen molar-refractivity contribution in [1.29, 1.82) is 5.26 Å². The van der Waals surface area contributed by atoms with E-state index in [4.69, 9.17) is 19.9 Å². The predicted molar refractivity (Wildman–Crippen MR) is 278 cm³/mol. The zero-order valence-corrected chi connectivity index (χ0v) is 37.4. The first-order chi connectivity index (χ1) is 34.1. The summed E-state index contributed by atoms with van der Waals surface area (Å²) in [5.41, 5.74) is 18.0. The second-order valence-corrected chi connectivity index (χ2v) is 17.3. The molecule has 9 aromatic carbocycles. The summed E-state index contributed by atoms with van der Waals surface area (Å²) in [6, 6.07) is 87.0. The van der Waals surface area contributed by atoms with E-state index < -0.39 is 5.41 Å². The Balaban J connectivity index is 0.973. The Morgan fingerprint density at radius 1 is 0.319 bits per heavy atom. The van der Waals surface area contributed by atoms with Crippen LogP contribution in [0.3, 0.4) is 0 Å². The fraction of sp³-hybridized carbons (Fsp3) is 0.0156. The Bertz CT molecular complexity index is 3640. The molecule has 0 spiro atoms. The molecule has 0 N–H and O–H groups in total. The van der Waals surface area contributed by atoms with Gasteiger partial charge in [-0.1, -0.05) is 194 Å². The third-order valence-electron chi connectivity index (χ3n) is 13.3. The van der Waals surface area contributed by atoms with Crippen LogP contribution in [0.4, 0.5) is 0 Å². The molecule has 2 aromatic heterocycles. The number of aromatic nitrogens is 4. The summed E-state index contributed by atoms with van der Waals surface area (Å²) >= 11 is 0. The van der Waals surface area contributed by atoms with E-state index in [0.29, 0.717) is 23.0 Å². The van der Waals surface area contributed by atoms with E-state index in [0.717, 1.165) is 89.1 Å². The molecule has 0 bridgehead atoms. The zero-order chi connectivity index (χ0) is 46.2. The summed E-state index contributed by atoms with van der Waals surface area (Å²) in [4.78, 5) is 19.9. The highest BCUT2D eigenvalue weighted by molar-refractivity contribution is 5.90. The van der Waals surface area contributed by atoms with Crippen LogP contribution in [0.25, 0.3) is 89.9 Å². The lowest BCUT2D eigenvalue weighted by molar-refractivity contribution is 0.768. The van der Waals surface area contributed by atoms with Gasteiger partial charge in [0, 0.05) is 28.5 Å². The summed E-state index contributed by atoms with van der Waals surface area (Å²) in [6.07, 6.45) is 1.84. The van der Waals surface area contributed by atoms with Crippen molar-refractivity contribution in [3.05, 3.63) is 277 Å². The molecule has 0 aliphatic heterocycles. The molecule has 2 heterocycles. The lowest BCUT2D eigenvalue weighted by Crippen LogP contribution is -2.28. The van der Waals surface area contributed by atoms with Crippen molar-refractivity contribution in [3.8, 4) is 96.0 Å². The van der Waals surface area contributed by atoms with Crippen molar-refractivity contribution in [2.75, 3.05) is 0 Å². The summed E-state index contributed by atoms with van der Waals surface area (Å²) in [5.74, 6) is 1.83. The number of pyridine rings is 1. The molecule has 1 aliphatic rings. The molecule has 0 atom stereocenters. The van der Waals surface area contributed by atoms with Crippen LogP contribution in [0.15, 0.2) is 249 Å². The number of fused-ring (bicyclic) bond motifs is 3. The minimum atomic E-state index is -0.659. The van der Waals surface area contributed by atoms with Crippen molar-refractivity contribution in [1.82, 2.24) is 19.9 Å². The molecule has 12 rings (SSSR count).